The molecule has 1 saturated heterocycles. The van der Waals surface area contributed by atoms with Crippen LogP contribution in [-0.2, 0) is 6.54 Å². The van der Waals surface area contributed by atoms with E-state index >= 15 is 0 Å². The summed E-state index contributed by atoms with van der Waals surface area (Å²) in [6.45, 7) is 3.85. The first-order valence-corrected chi connectivity index (χ1v) is 10.8. The van der Waals surface area contributed by atoms with Crippen molar-refractivity contribution in [2.24, 2.45) is 0 Å². The molecule has 2 fully saturated rings. The molecule has 2 aliphatic rings. The van der Waals surface area contributed by atoms with Crippen LogP contribution in [0.3, 0.4) is 0 Å². The van der Waals surface area contributed by atoms with E-state index in [-0.39, 0.29) is 12.1 Å². The van der Waals surface area contributed by atoms with Gasteiger partial charge in [0, 0.05) is 31.0 Å². The predicted molar refractivity (Wildman–Crippen MR) is 116 cm³/mol. The van der Waals surface area contributed by atoms with Crippen LogP contribution >= 0.6 is 0 Å². The molecule has 5 rings (SSSR count). The average molecular weight is 418 g/mol. The van der Waals surface area contributed by atoms with E-state index in [2.05, 4.69) is 34.5 Å². The number of hydrogen-bond acceptors (Lipinski definition) is 5. The maximum absolute atomic E-state index is 12.5. The van der Waals surface area contributed by atoms with Crippen molar-refractivity contribution in [3.8, 4) is 17.1 Å². The molecule has 1 aliphatic heterocycles. The van der Waals surface area contributed by atoms with Gasteiger partial charge in [-0.15, -0.1) is 0 Å². The van der Waals surface area contributed by atoms with E-state index in [4.69, 9.17) is 9.26 Å². The first-order valence-electron chi connectivity index (χ1n) is 10.8. The van der Waals surface area contributed by atoms with Crippen molar-refractivity contribution in [3.05, 3.63) is 65.5 Å². The van der Waals surface area contributed by atoms with Gasteiger partial charge in [-0.05, 0) is 49.6 Å². The first-order chi connectivity index (χ1) is 15.1. The standard InChI is InChI=1S/C24H26N4O3/c1-16-2-4-17(5-3-16)14-25-24(29)28-13-12-21(15-28)30-20-10-8-18(9-11-20)22-26-23(31-27-22)19-6-7-19/h2-5,8-11,19,21H,6-7,12-15H2,1H3,(H,25,29). The number of carbonyl (C=O) groups is 1. The fourth-order valence-corrected chi connectivity index (χ4v) is 3.73. The lowest BCUT2D eigenvalue weighted by Crippen LogP contribution is -2.39. The van der Waals surface area contributed by atoms with Gasteiger partial charge in [-0.1, -0.05) is 35.0 Å². The van der Waals surface area contributed by atoms with Crippen LogP contribution < -0.4 is 10.1 Å². The molecular formula is C24H26N4O3. The molecule has 7 nitrogen and oxygen atoms in total. The lowest BCUT2D eigenvalue weighted by atomic mass is 10.1. The van der Waals surface area contributed by atoms with E-state index in [1.165, 1.54) is 5.56 Å². The fraction of sp³-hybridized carbons (Fsp3) is 0.375. The zero-order chi connectivity index (χ0) is 21.2. The Morgan fingerprint density at radius 1 is 1.13 bits per heavy atom. The maximum Gasteiger partial charge on any atom is 0.317 e. The van der Waals surface area contributed by atoms with Gasteiger partial charge in [0.25, 0.3) is 0 Å². The maximum atomic E-state index is 12.5. The summed E-state index contributed by atoms with van der Waals surface area (Å²) in [6.07, 6.45) is 3.07. The van der Waals surface area contributed by atoms with Crippen LogP contribution in [0.4, 0.5) is 4.79 Å². The molecule has 1 aliphatic carbocycles. The number of ether oxygens (including phenoxy) is 1. The zero-order valence-electron chi connectivity index (χ0n) is 17.6. The fourth-order valence-electron chi connectivity index (χ4n) is 3.73. The number of hydrogen-bond donors (Lipinski definition) is 1. The molecule has 1 atom stereocenters. The second-order valence-corrected chi connectivity index (χ2v) is 8.37. The molecule has 1 saturated carbocycles. The van der Waals surface area contributed by atoms with Crippen LogP contribution in [0.15, 0.2) is 53.1 Å². The Morgan fingerprint density at radius 3 is 2.65 bits per heavy atom. The molecule has 160 valence electrons. The molecule has 0 radical (unpaired) electrons. The van der Waals surface area contributed by atoms with Crippen molar-refractivity contribution < 1.29 is 14.1 Å². The highest BCUT2D eigenvalue weighted by Gasteiger charge is 2.30. The number of benzene rings is 2. The quantitative estimate of drug-likeness (QED) is 0.646. The van der Waals surface area contributed by atoms with E-state index in [1.807, 2.05) is 41.3 Å². The van der Waals surface area contributed by atoms with Crippen molar-refractivity contribution in [1.82, 2.24) is 20.4 Å². The van der Waals surface area contributed by atoms with Gasteiger partial charge in [-0.25, -0.2) is 4.79 Å². The van der Waals surface area contributed by atoms with Gasteiger partial charge in [0.2, 0.25) is 11.7 Å². The minimum Gasteiger partial charge on any atom is -0.489 e. The van der Waals surface area contributed by atoms with Crippen LogP contribution in [0.25, 0.3) is 11.4 Å². The first kappa shape index (κ1) is 19.6. The van der Waals surface area contributed by atoms with Gasteiger partial charge in [0.05, 0.1) is 6.54 Å². The Labute approximate surface area is 181 Å². The molecule has 31 heavy (non-hydrogen) atoms. The lowest BCUT2D eigenvalue weighted by Gasteiger charge is -2.18. The van der Waals surface area contributed by atoms with Crippen LogP contribution in [0.5, 0.6) is 5.75 Å². The molecule has 0 spiro atoms. The summed E-state index contributed by atoms with van der Waals surface area (Å²) in [5.41, 5.74) is 3.21. The number of nitrogens with one attached hydrogen (secondary N) is 1. The topological polar surface area (TPSA) is 80.5 Å². The number of amides is 2. The van der Waals surface area contributed by atoms with Gasteiger partial charge in [0.1, 0.15) is 11.9 Å². The summed E-state index contributed by atoms with van der Waals surface area (Å²) in [4.78, 5) is 18.8. The number of nitrogens with zero attached hydrogens (tertiary/aromatic N) is 3. The van der Waals surface area contributed by atoms with Crippen LogP contribution in [0.2, 0.25) is 0 Å². The molecule has 0 bridgehead atoms. The highest BCUT2D eigenvalue weighted by molar-refractivity contribution is 5.74. The summed E-state index contributed by atoms with van der Waals surface area (Å²) < 4.78 is 11.4. The molecule has 7 heteroatoms. The molecule has 2 aromatic carbocycles. The van der Waals surface area contributed by atoms with Crippen molar-refractivity contribution >= 4 is 6.03 Å². The summed E-state index contributed by atoms with van der Waals surface area (Å²) in [7, 11) is 0. The van der Waals surface area contributed by atoms with Gasteiger partial charge in [-0.3, -0.25) is 0 Å². The van der Waals surface area contributed by atoms with Gasteiger partial charge in [0.15, 0.2) is 0 Å². The highest BCUT2D eigenvalue weighted by atomic mass is 16.5. The normalized spacial score (nSPS) is 18.2. The Bertz CT molecular complexity index is 1040. The van der Waals surface area contributed by atoms with Gasteiger partial charge in [-0.2, -0.15) is 4.98 Å². The number of likely N-dealkylation sites (tertiary alicyclic amines) is 1. The van der Waals surface area contributed by atoms with E-state index in [0.717, 1.165) is 42.0 Å². The monoisotopic (exact) mass is 418 g/mol. The summed E-state index contributed by atoms with van der Waals surface area (Å²) >= 11 is 0. The third kappa shape index (κ3) is 4.71. The Balaban J connectivity index is 1.11. The van der Waals surface area contributed by atoms with E-state index in [0.29, 0.717) is 31.4 Å². The minimum atomic E-state index is -0.0504. The predicted octanol–water partition coefficient (Wildman–Crippen LogP) is 4.29. The van der Waals surface area contributed by atoms with E-state index < -0.39 is 0 Å². The smallest absolute Gasteiger partial charge is 0.317 e. The number of aromatic nitrogens is 2. The summed E-state index contributed by atoms with van der Waals surface area (Å²) in [5, 5.41) is 7.07. The zero-order valence-corrected chi connectivity index (χ0v) is 17.6. The van der Waals surface area contributed by atoms with Crippen LogP contribution in [0, 0.1) is 6.92 Å². The van der Waals surface area contributed by atoms with Crippen molar-refractivity contribution in [3.63, 3.8) is 0 Å². The summed E-state index contributed by atoms with van der Waals surface area (Å²) in [5.74, 6) is 2.58. The third-order valence-corrected chi connectivity index (χ3v) is 5.78. The molecule has 1 aromatic heterocycles. The van der Waals surface area contributed by atoms with E-state index in [1.54, 1.807) is 0 Å². The Hall–Kier alpha value is -3.35. The SMILES string of the molecule is Cc1ccc(CNC(=O)N2CCC(Oc3ccc(-c4noc(C5CC5)n4)cc3)C2)cc1. The second kappa shape index (κ2) is 8.41. The number of aryl methyl sites for hydroxylation is 1. The Kier molecular flexibility index (Phi) is 5.32. The molecule has 2 amide bonds. The van der Waals surface area contributed by atoms with Crippen molar-refractivity contribution in [1.29, 1.82) is 0 Å². The largest absolute Gasteiger partial charge is 0.489 e. The van der Waals surface area contributed by atoms with E-state index in [9.17, 15) is 4.79 Å². The van der Waals surface area contributed by atoms with Crippen LogP contribution in [-0.4, -0.2) is 40.3 Å². The minimum absolute atomic E-state index is 0.0115. The number of carbonyl (C=O) groups excluding carboxylic acids is 1. The number of rotatable bonds is 6. The third-order valence-electron chi connectivity index (χ3n) is 5.78. The molecule has 1 unspecified atom stereocenters. The average Bonchev–Trinajstić information content (AvgIpc) is 3.33. The lowest BCUT2D eigenvalue weighted by molar-refractivity contribution is 0.186. The molecule has 2 heterocycles. The van der Waals surface area contributed by atoms with Crippen molar-refractivity contribution in [2.45, 2.75) is 44.8 Å². The molecule has 1 N–H and O–H groups in total. The molecular weight excluding hydrogens is 392 g/mol. The van der Waals surface area contributed by atoms with Gasteiger partial charge >= 0.3 is 6.03 Å². The summed E-state index contributed by atoms with van der Waals surface area (Å²) in [6, 6.07) is 15.9. The highest BCUT2D eigenvalue weighted by Crippen LogP contribution is 2.39. The van der Waals surface area contributed by atoms with Gasteiger partial charge < -0.3 is 19.5 Å². The number of urea groups is 1. The molecule has 3 aromatic rings. The Morgan fingerprint density at radius 2 is 1.90 bits per heavy atom. The van der Waals surface area contributed by atoms with Crippen LogP contribution in [0.1, 0.15) is 42.2 Å². The van der Waals surface area contributed by atoms with Crippen molar-refractivity contribution in [2.75, 3.05) is 13.1 Å². The second-order valence-electron chi connectivity index (χ2n) is 8.37.